The number of phenols is 1. The van der Waals surface area contributed by atoms with Gasteiger partial charge in [0, 0.05) is 13.2 Å². The van der Waals surface area contributed by atoms with E-state index in [1.165, 1.54) is 0 Å². The third-order valence-corrected chi connectivity index (χ3v) is 3.45. The van der Waals surface area contributed by atoms with Gasteiger partial charge in [-0.05, 0) is 51.8 Å². The van der Waals surface area contributed by atoms with Gasteiger partial charge in [0.15, 0.2) is 0 Å². The van der Waals surface area contributed by atoms with E-state index in [4.69, 9.17) is 4.74 Å². The summed E-state index contributed by atoms with van der Waals surface area (Å²) in [6.45, 7) is 7.79. The zero-order valence-corrected chi connectivity index (χ0v) is 13.4. The molecule has 5 heteroatoms. The maximum Gasteiger partial charge on any atom is 0.315 e. The molecular weight excluding hydrogens is 268 g/mol. The molecule has 1 rings (SSSR count). The van der Waals surface area contributed by atoms with Crippen molar-refractivity contribution in [2.24, 2.45) is 0 Å². The number of amides is 2. The Hall–Kier alpha value is -1.75. The Balaban J connectivity index is 2.50. The Morgan fingerprint density at radius 3 is 2.57 bits per heavy atom. The predicted octanol–water partition coefficient (Wildman–Crippen LogP) is 2.96. The number of nitrogens with one attached hydrogen (secondary N) is 2. The number of ether oxygens (including phenoxy) is 1. The highest BCUT2D eigenvalue weighted by atomic mass is 16.5. The van der Waals surface area contributed by atoms with Crippen LogP contribution >= 0.6 is 0 Å². The molecule has 118 valence electrons. The molecule has 2 amide bonds. The summed E-state index contributed by atoms with van der Waals surface area (Å²) in [5, 5.41) is 15.2. The third-order valence-electron chi connectivity index (χ3n) is 3.45. The number of carbonyl (C=O) groups excluding carboxylic acids is 1. The van der Waals surface area contributed by atoms with Crippen LogP contribution in [0.3, 0.4) is 0 Å². The standard InChI is InChI=1S/C16H26N2O3/c1-11(10-16(3,4)21-5)17-15(20)18-12(2)13-7-6-8-14(19)9-13/h6-9,11-12,19H,10H2,1-5H3,(H2,17,18,20)/t11-,12-/m0/s1. The average molecular weight is 294 g/mol. The minimum atomic E-state index is -0.274. The molecule has 0 bridgehead atoms. The summed E-state index contributed by atoms with van der Waals surface area (Å²) < 4.78 is 5.35. The van der Waals surface area contributed by atoms with Crippen molar-refractivity contribution in [3.63, 3.8) is 0 Å². The van der Waals surface area contributed by atoms with Crippen molar-refractivity contribution in [2.45, 2.75) is 51.8 Å². The van der Waals surface area contributed by atoms with Crippen molar-refractivity contribution < 1.29 is 14.6 Å². The van der Waals surface area contributed by atoms with Crippen LogP contribution in [-0.4, -0.2) is 29.9 Å². The van der Waals surface area contributed by atoms with E-state index >= 15 is 0 Å². The SMILES string of the molecule is COC(C)(C)C[C@H](C)NC(=O)N[C@@H](C)c1cccc(O)c1. The number of rotatable bonds is 6. The van der Waals surface area contributed by atoms with E-state index in [0.29, 0.717) is 0 Å². The molecule has 3 N–H and O–H groups in total. The molecule has 0 aliphatic carbocycles. The number of carbonyl (C=O) groups is 1. The third kappa shape index (κ3) is 6.04. The van der Waals surface area contributed by atoms with E-state index in [1.807, 2.05) is 33.8 Å². The van der Waals surface area contributed by atoms with Crippen molar-refractivity contribution >= 4 is 6.03 Å². The molecule has 1 aromatic rings. The summed E-state index contributed by atoms with van der Waals surface area (Å²) in [5.74, 6) is 0.191. The summed E-state index contributed by atoms with van der Waals surface area (Å²) in [5.41, 5.74) is 0.582. The van der Waals surface area contributed by atoms with Crippen LogP contribution in [0.1, 0.15) is 45.7 Å². The van der Waals surface area contributed by atoms with Crippen LogP contribution in [-0.2, 0) is 4.74 Å². The lowest BCUT2D eigenvalue weighted by Crippen LogP contribution is -2.44. The van der Waals surface area contributed by atoms with Gasteiger partial charge in [0.1, 0.15) is 5.75 Å². The maximum atomic E-state index is 12.0. The van der Waals surface area contributed by atoms with Crippen molar-refractivity contribution in [3.05, 3.63) is 29.8 Å². The predicted molar refractivity (Wildman–Crippen MR) is 83.4 cm³/mol. The molecule has 0 unspecified atom stereocenters. The average Bonchev–Trinajstić information content (AvgIpc) is 2.37. The summed E-state index contributed by atoms with van der Waals surface area (Å²) in [6, 6.07) is 6.45. The van der Waals surface area contributed by atoms with E-state index in [2.05, 4.69) is 10.6 Å². The number of aromatic hydroxyl groups is 1. The second-order valence-corrected chi connectivity index (χ2v) is 6.00. The lowest BCUT2D eigenvalue weighted by molar-refractivity contribution is 0.00949. The molecule has 0 saturated carbocycles. The number of methoxy groups -OCH3 is 1. The largest absolute Gasteiger partial charge is 0.508 e. The number of hydrogen-bond donors (Lipinski definition) is 3. The molecule has 5 nitrogen and oxygen atoms in total. The smallest absolute Gasteiger partial charge is 0.315 e. The Kier molecular flexibility index (Phi) is 6.03. The van der Waals surface area contributed by atoms with Gasteiger partial charge in [0.05, 0.1) is 11.6 Å². The van der Waals surface area contributed by atoms with Gasteiger partial charge in [-0.1, -0.05) is 12.1 Å². The normalized spacial score (nSPS) is 14.3. The van der Waals surface area contributed by atoms with Crippen molar-refractivity contribution in [1.29, 1.82) is 0 Å². The molecule has 0 aliphatic heterocycles. The first-order chi connectivity index (χ1) is 9.73. The summed E-state index contributed by atoms with van der Waals surface area (Å²) in [4.78, 5) is 12.0. The number of phenolic OH excluding ortho intramolecular Hbond substituents is 1. The maximum absolute atomic E-state index is 12.0. The molecular formula is C16H26N2O3. The highest BCUT2D eigenvalue weighted by Crippen LogP contribution is 2.18. The zero-order chi connectivity index (χ0) is 16.0. The van der Waals surface area contributed by atoms with Crippen molar-refractivity contribution in [1.82, 2.24) is 10.6 Å². The van der Waals surface area contributed by atoms with E-state index in [1.54, 1.807) is 25.3 Å². The molecule has 0 spiro atoms. The second-order valence-electron chi connectivity index (χ2n) is 6.00. The van der Waals surface area contributed by atoms with Crippen molar-refractivity contribution in [2.75, 3.05) is 7.11 Å². The summed E-state index contributed by atoms with van der Waals surface area (Å²) in [6.07, 6.45) is 0.720. The lowest BCUT2D eigenvalue weighted by Gasteiger charge is -2.27. The first-order valence-electron chi connectivity index (χ1n) is 7.14. The minimum Gasteiger partial charge on any atom is -0.508 e. The number of benzene rings is 1. The van der Waals surface area contributed by atoms with Gasteiger partial charge < -0.3 is 20.5 Å². The van der Waals surface area contributed by atoms with E-state index < -0.39 is 0 Å². The first-order valence-corrected chi connectivity index (χ1v) is 7.14. The Morgan fingerprint density at radius 2 is 2.00 bits per heavy atom. The van der Waals surface area contributed by atoms with Crippen LogP contribution in [0.2, 0.25) is 0 Å². The molecule has 0 heterocycles. The molecule has 21 heavy (non-hydrogen) atoms. The van der Waals surface area contributed by atoms with Gasteiger partial charge in [-0.15, -0.1) is 0 Å². The molecule has 0 fully saturated rings. The fourth-order valence-corrected chi connectivity index (χ4v) is 2.21. The summed E-state index contributed by atoms with van der Waals surface area (Å²) in [7, 11) is 1.66. The van der Waals surface area contributed by atoms with Crippen LogP contribution in [0.4, 0.5) is 4.79 Å². The highest BCUT2D eigenvalue weighted by Gasteiger charge is 2.21. The molecule has 0 radical (unpaired) electrons. The monoisotopic (exact) mass is 294 g/mol. The minimum absolute atomic E-state index is 0.00340. The quantitative estimate of drug-likeness (QED) is 0.755. The van der Waals surface area contributed by atoms with Crippen LogP contribution in [0.15, 0.2) is 24.3 Å². The lowest BCUT2D eigenvalue weighted by atomic mass is 10.00. The van der Waals surface area contributed by atoms with Gasteiger partial charge in [0.2, 0.25) is 0 Å². The Morgan fingerprint density at radius 1 is 1.33 bits per heavy atom. The topological polar surface area (TPSA) is 70.6 Å². The Labute approximate surface area is 126 Å². The van der Waals surface area contributed by atoms with Gasteiger partial charge >= 0.3 is 6.03 Å². The van der Waals surface area contributed by atoms with Crippen LogP contribution in [0.25, 0.3) is 0 Å². The van der Waals surface area contributed by atoms with Gasteiger partial charge in [-0.3, -0.25) is 0 Å². The molecule has 0 saturated heterocycles. The van der Waals surface area contributed by atoms with Gasteiger partial charge in [-0.25, -0.2) is 4.79 Å². The number of hydrogen-bond acceptors (Lipinski definition) is 3. The van der Waals surface area contributed by atoms with Crippen LogP contribution in [0.5, 0.6) is 5.75 Å². The van der Waals surface area contributed by atoms with E-state index in [0.717, 1.165) is 12.0 Å². The fourth-order valence-electron chi connectivity index (χ4n) is 2.21. The van der Waals surface area contributed by atoms with Gasteiger partial charge in [0.25, 0.3) is 0 Å². The Bertz CT molecular complexity index is 474. The molecule has 0 aromatic heterocycles. The van der Waals surface area contributed by atoms with E-state index in [-0.39, 0.29) is 29.5 Å². The van der Waals surface area contributed by atoms with Gasteiger partial charge in [-0.2, -0.15) is 0 Å². The van der Waals surface area contributed by atoms with Crippen LogP contribution < -0.4 is 10.6 Å². The van der Waals surface area contributed by atoms with Crippen molar-refractivity contribution in [3.8, 4) is 5.75 Å². The van der Waals surface area contributed by atoms with Crippen LogP contribution in [0, 0.1) is 0 Å². The molecule has 1 aromatic carbocycles. The molecule has 0 aliphatic rings. The highest BCUT2D eigenvalue weighted by molar-refractivity contribution is 5.74. The summed E-state index contributed by atoms with van der Waals surface area (Å²) >= 11 is 0. The fraction of sp³-hybridized carbons (Fsp3) is 0.562. The first kappa shape index (κ1) is 17.3. The zero-order valence-electron chi connectivity index (χ0n) is 13.4. The molecule has 2 atom stereocenters. The van der Waals surface area contributed by atoms with E-state index in [9.17, 15) is 9.90 Å². The number of urea groups is 1. The second kappa shape index (κ2) is 7.31.